The summed E-state index contributed by atoms with van der Waals surface area (Å²) in [7, 11) is -3.39. The van der Waals surface area contributed by atoms with Crippen molar-refractivity contribution in [1.29, 1.82) is 0 Å². The zero-order chi connectivity index (χ0) is 17.9. The minimum atomic E-state index is -3.39. The first-order chi connectivity index (χ1) is 12.0. The maximum atomic E-state index is 12.6. The Morgan fingerprint density at radius 3 is 2.40 bits per heavy atom. The van der Waals surface area contributed by atoms with Crippen molar-refractivity contribution < 1.29 is 13.2 Å². The van der Waals surface area contributed by atoms with E-state index >= 15 is 0 Å². The minimum absolute atomic E-state index is 0.0885. The monoisotopic (exact) mass is 362 g/mol. The molecule has 3 rings (SSSR count). The lowest BCUT2D eigenvalue weighted by molar-refractivity contribution is -0.116. The molecule has 0 atom stereocenters. The van der Waals surface area contributed by atoms with Gasteiger partial charge in [0.25, 0.3) is 0 Å². The molecule has 0 radical (unpaired) electrons. The number of carbonyl (C=O) groups is 1. The van der Waals surface area contributed by atoms with E-state index in [1.165, 1.54) is 12.8 Å². The van der Waals surface area contributed by atoms with Gasteiger partial charge in [-0.3, -0.25) is 4.79 Å². The second-order valence-electron chi connectivity index (χ2n) is 6.99. The zero-order valence-corrected chi connectivity index (χ0v) is 15.5. The topological polar surface area (TPSA) is 66.5 Å². The fraction of sp³-hybridized carbons (Fsp3) is 0.526. The van der Waals surface area contributed by atoms with E-state index in [-0.39, 0.29) is 5.91 Å². The van der Waals surface area contributed by atoms with E-state index in [1.54, 1.807) is 34.6 Å². The number of sulfonamides is 1. The molecule has 0 bridgehead atoms. The number of piperidine rings is 1. The Morgan fingerprint density at radius 1 is 1.16 bits per heavy atom. The molecule has 1 amide bonds. The molecule has 1 aliphatic carbocycles. The van der Waals surface area contributed by atoms with Gasteiger partial charge in [0, 0.05) is 25.7 Å². The number of benzene rings is 1. The Balaban J connectivity index is 1.58. The number of hydrogen-bond acceptors (Lipinski definition) is 3. The van der Waals surface area contributed by atoms with Crippen LogP contribution in [0.3, 0.4) is 0 Å². The van der Waals surface area contributed by atoms with Gasteiger partial charge >= 0.3 is 0 Å². The van der Waals surface area contributed by atoms with Crippen molar-refractivity contribution >= 4 is 15.9 Å². The van der Waals surface area contributed by atoms with Gasteiger partial charge in [0.15, 0.2) is 0 Å². The molecule has 0 aromatic heterocycles. The second-order valence-corrected chi connectivity index (χ2v) is 8.93. The van der Waals surface area contributed by atoms with Crippen LogP contribution in [0.15, 0.2) is 40.8 Å². The summed E-state index contributed by atoms with van der Waals surface area (Å²) in [5.41, 5.74) is 2.03. The van der Waals surface area contributed by atoms with Gasteiger partial charge in [-0.25, -0.2) is 8.42 Å². The number of amides is 1. The summed E-state index contributed by atoms with van der Waals surface area (Å²) < 4.78 is 26.8. The molecule has 1 saturated carbocycles. The van der Waals surface area contributed by atoms with E-state index in [4.69, 9.17) is 0 Å². The first-order valence-corrected chi connectivity index (χ1v) is 10.5. The van der Waals surface area contributed by atoms with Crippen LogP contribution in [0.25, 0.3) is 0 Å². The van der Waals surface area contributed by atoms with Crippen LogP contribution in [0.5, 0.6) is 0 Å². The van der Waals surface area contributed by atoms with E-state index in [2.05, 4.69) is 5.32 Å². The summed E-state index contributed by atoms with van der Waals surface area (Å²) in [5, 5.41) is 2.86. The molecule has 0 unspecified atom stereocenters. The van der Waals surface area contributed by atoms with E-state index in [9.17, 15) is 13.2 Å². The summed E-state index contributed by atoms with van der Waals surface area (Å²) in [4.78, 5) is 12.2. The Kier molecular flexibility index (Phi) is 5.59. The largest absolute Gasteiger partial charge is 0.348 e. The van der Waals surface area contributed by atoms with Crippen LogP contribution in [0, 0.1) is 5.92 Å². The van der Waals surface area contributed by atoms with Crippen molar-refractivity contribution in [2.24, 2.45) is 5.92 Å². The van der Waals surface area contributed by atoms with Crippen LogP contribution in [-0.4, -0.2) is 31.7 Å². The van der Waals surface area contributed by atoms with Crippen molar-refractivity contribution in [3.8, 4) is 0 Å². The average Bonchev–Trinajstić information content (AvgIpc) is 3.46. The number of nitrogens with zero attached hydrogens (tertiary/aromatic N) is 1. The van der Waals surface area contributed by atoms with Crippen molar-refractivity contribution in [3.63, 3.8) is 0 Å². The fourth-order valence-corrected chi connectivity index (χ4v) is 4.65. The van der Waals surface area contributed by atoms with Crippen molar-refractivity contribution in [2.45, 2.75) is 50.5 Å². The highest BCUT2D eigenvalue weighted by Crippen LogP contribution is 2.35. The van der Waals surface area contributed by atoms with E-state index < -0.39 is 10.0 Å². The summed E-state index contributed by atoms with van der Waals surface area (Å²) in [6.45, 7) is 3.61. The lowest BCUT2D eigenvalue weighted by Crippen LogP contribution is -2.35. The van der Waals surface area contributed by atoms with Gasteiger partial charge in [-0.05, 0) is 56.2 Å². The third-order valence-corrected chi connectivity index (χ3v) is 6.84. The first-order valence-electron chi connectivity index (χ1n) is 9.02. The molecule has 1 aromatic rings. The van der Waals surface area contributed by atoms with Gasteiger partial charge in [-0.15, -0.1) is 0 Å². The van der Waals surface area contributed by atoms with E-state index in [1.807, 2.05) is 6.92 Å². The van der Waals surface area contributed by atoms with Crippen LogP contribution in [-0.2, 0) is 21.4 Å². The number of rotatable bonds is 6. The Labute approximate surface area is 150 Å². The van der Waals surface area contributed by atoms with E-state index in [0.29, 0.717) is 30.4 Å². The number of nitrogens with one attached hydrogen (secondary N) is 1. The quantitative estimate of drug-likeness (QED) is 0.792. The minimum Gasteiger partial charge on any atom is -0.348 e. The standard InChI is InChI=1S/C19H26N2O3S/c1-15(17-7-8-17)13-19(22)20-14-16-5-9-18(10-6-16)25(23,24)21-11-3-2-4-12-21/h5-6,9-10,13,17H,2-4,7-8,11-12,14H2,1H3,(H,20,22). The zero-order valence-electron chi connectivity index (χ0n) is 14.7. The molecule has 0 spiro atoms. The van der Waals surface area contributed by atoms with Crippen LogP contribution < -0.4 is 5.32 Å². The summed E-state index contributed by atoms with van der Waals surface area (Å²) in [6.07, 6.45) is 6.99. The molecule has 25 heavy (non-hydrogen) atoms. The molecule has 2 aliphatic rings. The van der Waals surface area contributed by atoms with Crippen LogP contribution >= 0.6 is 0 Å². The SMILES string of the molecule is CC(=CC(=O)NCc1ccc(S(=O)(=O)N2CCCCC2)cc1)C1CC1. The van der Waals surface area contributed by atoms with Crippen LogP contribution in [0.1, 0.15) is 44.6 Å². The average molecular weight is 362 g/mol. The molecule has 1 heterocycles. The van der Waals surface area contributed by atoms with Gasteiger partial charge in [-0.1, -0.05) is 24.1 Å². The Hall–Kier alpha value is -1.66. The Morgan fingerprint density at radius 2 is 1.80 bits per heavy atom. The Bertz CT molecular complexity index is 743. The maximum Gasteiger partial charge on any atom is 0.244 e. The lowest BCUT2D eigenvalue weighted by atomic mass is 10.2. The molecular formula is C19H26N2O3S. The van der Waals surface area contributed by atoms with Crippen LogP contribution in [0.2, 0.25) is 0 Å². The van der Waals surface area contributed by atoms with Crippen molar-refractivity contribution in [2.75, 3.05) is 13.1 Å². The second kappa shape index (κ2) is 7.70. The van der Waals surface area contributed by atoms with Gasteiger partial charge in [0.05, 0.1) is 4.90 Å². The predicted molar refractivity (Wildman–Crippen MR) is 97.4 cm³/mol. The molecule has 6 heteroatoms. The third kappa shape index (κ3) is 4.70. The normalized spacial score (nSPS) is 19.6. The molecular weight excluding hydrogens is 336 g/mol. The molecule has 1 aliphatic heterocycles. The number of hydrogen-bond donors (Lipinski definition) is 1. The highest BCUT2D eigenvalue weighted by molar-refractivity contribution is 7.89. The first kappa shape index (κ1) is 18.1. The third-order valence-electron chi connectivity index (χ3n) is 4.92. The molecule has 1 saturated heterocycles. The van der Waals surface area contributed by atoms with Gasteiger partial charge in [-0.2, -0.15) is 4.31 Å². The smallest absolute Gasteiger partial charge is 0.244 e. The van der Waals surface area contributed by atoms with Crippen molar-refractivity contribution in [1.82, 2.24) is 9.62 Å². The maximum absolute atomic E-state index is 12.6. The summed E-state index contributed by atoms with van der Waals surface area (Å²) in [5.74, 6) is 0.499. The van der Waals surface area contributed by atoms with E-state index in [0.717, 1.165) is 30.4 Å². The number of carbonyl (C=O) groups excluding carboxylic acids is 1. The lowest BCUT2D eigenvalue weighted by Gasteiger charge is -2.25. The molecule has 136 valence electrons. The molecule has 2 fully saturated rings. The van der Waals surface area contributed by atoms with Crippen molar-refractivity contribution in [3.05, 3.63) is 41.5 Å². The van der Waals surface area contributed by atoms with Gasteiger partial charge < -0.3 is 5.32 Å². The van der Waals surface area contributed by atoms with Gasteiger partial charge in [0.2, 0.25) is 15.9 Å². The highest BCUT2D eigenvalue weighted by Gasteiger charge is 2.25. The molecule has 1 N–H and O–H groups in total. The number of allylic oxidation sites excluding steroid dienone is 1. The van der Waals surface area contributed by atoms with Gasteiger partial charge in [0.1, 0.15) is 0 Å². The summed E-state index contributed by atoms with van der Waals surface area (Å²) >= 11 is 0. The molecule has 1 aromatic carbocycles. The van der Waals surface area contributed by atoms with Crippen LogP contribution in [0.4, 0.5) is 0 Å². The predicted octanol–water partition coefficient (Wildman–Crippen LogP) is 2.83. The molecule has 5 nitrogen and oxygen atoms in total. The highest BCUT2D eigenvalue weighted by atomic mass is 32.2. The fourth-order valence-electron chi connectivity index (χ4n) is 3.14. The summed E-state index contributed by atoms with van der Waals surface area (Å²) in [6, 6.07) is 6.82.